The van der Waals surface area contributed by atoms with E-state index in [0.29, 0.717) is 16.6 Å². The quantitative estimate of drug-likeness (QED) is 0.732. The molecule has 4 rings (SSSR count). The van der Waals surface area contributed by atoms with Crippen LogP contribution in [0.1, 0.15) is 16.8 Å². The van der Waals surface area contributed by atoms with Gasteiger partial charge in [-0.05, 0) is 24.3 Å². The van der Waals surface area contributed by atoms with Gasteiger partial charge in [-0.15, -0.1) is 0 Å². The van der Waals surface area contributed by atoms with Crippen LogP contribution in [0.4, 0.5) is 13.2 Å². The second kappa shape index (κ2) is 6.56. The molecule has 1 atom stereocenters. The zero-order chi connectivity index (χ0) is 19.9. The Labute approximate surface area is 158 Å². The first kappa shape index (κ1) is 18.4. The molecule has 1 N–H and O–H groups in total. The number of pyridine rings is 2. The molecule has 0 bridgehead atoms. The molecule has 1 unspecified atom stereocenters. The molecule has 0 spiro atoms. The second-order valence-electron chi connectivity index (χ2n) is 6.81. The van der Waals surface area contributed by atoms with Crippen LogP contribution in [0.5, 0.6) is 0 Å². The molecule has 144 valence electrons. The number of likely N-dealkylation sites (tertiary alicyclic amines) is 1. The first-order valence-corrected chi connectivity index (χ1v) is 8.67. The number of rotatable bonds is 2. The maximum atomic E-state index is 13.1. The van der Waals surface area contributed by atoms with E-state index in [1.807, 2.05) is 0 Å². The number of aliphatic hydroxyl groups is 1. The van der Waals surface area contributed by atoms with Gasteiger partial charge in [0.2, 0.25) is 0 Å². The standard InChI is InChI=1S/C20H16F3N3O2/c21-20(22,23)19(28)7-10-26(12-19)18(27)15-11-17(13-5-8-24-9-6-13)25-16-4-2-1-3-14(15)16/h1-6,8-9,11,28H,7,10,12H2. The molecule has 0 aliphatic carbocycles. The van der Waals surface area contributed by atoms with E-state index in [9.17, 15) is 23.1 Å². The molecule has 3 aromatic rings. The molecule has 5 nitrogen and oxygen atoms in total. The first-order valence-electron chi connectivity index (χ1n) is 8.67. The molecular formula is C20H16F3N3O2. The Hall–Kier alpha value is -3.00. The van der Waals surface area contributed by atoms with Crippen molar-refractivity contribution in [3.63, 3.8) is 0 Å². The number of hydrogen-bond acceptors (Lipinski definition) is 4. The van der Waals surface area contributed by atoms with Gasteiger partial charge < -0.3 is 10.0 Å². The molecule has 2 aromatic heterocycles. The van der Waals surface area contributed by atoms with Gasteiger partial charge in [0, 0.05) is 36.3 Å². The maximum absolute atomic E-state index is 13.1. The monoisotopic (exact) mass is 387 g/mol. The summed E-state index contributed by atoms with van der Waals surface area (Å²) in [7, 11) is 0. The van der Waals surface area contributed by atoms with Gasteiger partial charge in [0.25, 0.3) is 5.91 Å². The summed E-state index contributed by atoms with van der Waals surface area (Å²) in [6.07, 6.45) is -2.14. The fourth-order valence-corrected chi connectivity index (χ4v) is 3.39. The number of carbonyl (C=O) groups excluding carboxylic acids is 1. The Bertz CT molecular complexity index is 1040. The van der Waals surface area contributed by atoms with Crippen molar-refractivity contribution in [1.82, 2.24) is 14.9 Å². The zero-order valence-corrected chi connectivity index (χ0v) is 14.6. The van der Waals surface area contributed by atoms with Gasteiger partial charge in [-0.1, -0.05) is 18.2 Å². The van der Waals surface area contributed by atoms with E-state index in [1.165, 1.54) is 0 Å². The van der Waals surface area contributed by atoms with Crippen LogP contribution in [0.2, 0.25) is 0 Å². The van der Waals surface area contributed by atoms with E-state index in [0.717, 1.165) is 10.5 Å². The zero-order valence-electron chi connectivity index (χ0n) is 14.6. The number of nitrogens with zero attached hydrogens (tertiary/aromatic N) is 3. The maximum Gasteiger partial charge on any atom is 0.419 e. The third-order valence-corrected chi connectivity index (χ3v) is 4.99. The van der Waals surface area contributed by atoms with Crippen LogP contribution in [0.25, 0.3) is 22.2 Å². The molecule has 0 saturated carbocycles. The third-order valence-electron chi connectivity index (χ3n) is 4.99. The Balaban J connectivity index is 1.77. The van der Waals surface area contributed by atoms with Crippen molar-refractivity contribution in [3.8, 4) is 11.3 Å². The summed E-state index contributed by atoms with van der Waals surface area (Å²) in [6, 6.07) is 12.0. The van der Waals surface area contributed by atoms with Crippen molar-refractivity contribution in [2.45, 2.75) is 18.2 Å². The van der Waals surface area contributed by atoms with E-state index >= 15 is 0 Å². The number of halogens is 3. The smallest absolute Gasteiger partial charge is 0.379 e. The van der Waals surface area contributed by atoms with Crippen LogP contribution >= 0.6 is 0 Å². The Morgan fingerprint density at radius 1 is 1.14 bits per heavy atom. The predicted molar refractivity (Wildman–Crippen MR) is 96.5 cm³/mol. The summed E-state index contributed by atoms with van der Waals surface area (Å²) in [5.74, 6) is -0.561. The fourth-order valence-electron chi connectivity index (χ4n) is 3.39. The van der Waals surface area contributed by atoms with E-state index < -0.39 is 30.7 Å². The molecule has 1 fully saturated rings. The fraction of sp³-hybridized carbons (Fsp3) is 0.250. The van der Waals surface area contributed by atoms with Crippen molar-refractivity contribution >= 4 is 16.8 Å². The van der Waals surface area contributed by atoms with Crippen molar-refractivity contribution in [2.75, 3.05) is 13.1 Å². The lowest BCUT2D eigenvalue weighted by molar-refractivity contribution is -0.253. The van der Waals surface area contributed by atoms with Crippen LogP contribution in [-0.2, 0) is 0 Å². The van der Waals surface area contributed by atoms with Crippen molar-refractivity contribution in [1.29, 1.82) is 0 Å². The predicted octanol–water partition coefficient (Wildman–Crippen LogP) is 3.44. The lowest BCUT2D eigenvalue weighted by atomic mass is 10.0. The summed E-state index contributed by atoms with van der Waals surface area (Å²) in [5, 5.41) is 10.5. The van der Waals surface area contributed by atoms with Crippen molar-refractivity contribution < 1.29 is 23.1 Å². The molecule has 1 aliphatic heterocycles. The summed E-state index contributed by atoms with van der Waals surface area (Å²) in [5.41, 5.74) is -0.800. The highest BCUT2D eigenvalue weighted by molar-refractivity contribution is 6.07. The number of aromatic nitrogens is 2. The minimum Gasteiger partial charge on any atom is -0.379 e. The average molecular weight is 387 g/mol. The minimum absolute atomic E-state index is 0.171. The molecule has 0 radical (unpaired) electrons. The molecule has 1 aliphatic rings. The largest absolute Gasteiger partial charge is 0.419 e. The van der Waals surface area contributed by atoms with E-state index in [2.05, 4.69) is 9.97 Å². The number of alkyl halides is 3. The number of carbonyl (C=O) groups is 1. The highest BCUT2D eigenvalue weighted by atomic mass is 19.4. The van der Waals surface area contributed by atoms with Crippen molar-refractivity contribution in [2.24, 2.45) is 0 Å². The molecule has 28 heavy (non-hydrogen) atoms. The van der Waals surface area contributed by atoms with Crippen LogP contribution in [0.15, 0.2) is 54.9 Å². The Kier molecular flexibility index (Phi) is 4.30. The summed E-state index contributed by atoms with van der Waals surface area (Å²) in [4.78, 5) is 22.6. The summed E-state index contributed by atoms with van der Waals surface area (Å²) in [6.45, 7) is -0.952. The highest BCUT2D eigenvalue weighted by Crippen LogP contribution is 2.38. The lowest BCUT2D eigenvalue weighted by Gasteiger charge is -2.26. The van der Waals surface area contributed by atoms with Gasteiger partial charge in [0.15, 0.2) is 5.60 Å². The van der Waals surface area contributed by atoms with Gasteiger partial charge >= 0.3 is 6.18 Å². The average Bonchev–Trinajstić information content (AvgIpc) is 3.11. The molecule has 1 aromatic carbocycles. The van der Waals surface area contributed by atoms with Gasteiger partial charge in [0.1, 0.15) is 0 Å². The number of fused-ring (bicyclic) bond motifs is 1. The van der Waals surface area contributed by atoms with E-state index in [4.69, 9.17) is 0 Å². The summed E-state index contributed by atoms with van der Waals surface area (Å²) < 4.78 is 39.4. The topological polar surface area (TPSA) is 66.3 Å². The van der Waals surface area contributed by atoms with Crippen LogP contribution in [-0.4, -0.2) is 50.7 Å². The number of β-amino-alcohol motifs (C(OH)–C–C–N with tert-alkyl or cyclic N) is 1. The summed E-state index contributed by atoms with van der Waals surface area (Å²) >= 11 is 0. The Morgan fingerprint density at radius 2 is 1.86 bits per heavy atom. The molecule has 1 amide bonds. The SMILES string of the molecule is O=C(c1cc(-c2ccncc2)nc2ccccc12)N1CCC(O)(C(F)(F)F)C1. The van der Waals surface area contributed by atoms with Gasteiger partial charge in [-0.3, -0.25) is 9.78 Å². The van der Waals surface area contributed by atoms with E-state index in [-0.39, 0.29) is 12.1 Å². The third kappa shape index (κ3) is 3.09. The first-order chi connectivity index (χ1) is 13.3. The van der Waals surface area contributed by atoms with Crippen LogP contribution < -0.4 is 0 Å². The van der Waals surface area contributed by atoms with Gasteiger partial charge in [-0.2, -0.15) is 13.2 Å². The molecule has 3 heterocycles. The van der Waals surface area contributed by atoms with Crippen LogP contribution in [0, 0.1) is 0 Å². The molecule has 1 saturated heterocycles. The number of hydrogen-bond donors (Lipinski definition) is 1. The second-order valence-corrected chi connectivity index (χ2v) is 6.81. The minimum atomic E-state index is -4.79. The normalized spacial score (nSPS) is 19.9. The van der Waals surface area contributed by atoms with Crippen molar-refractivity contribution in [3.05, 3.63) is 60.4 Å². The Morgan fingerprint density at radius 3 is 2.54 bits per heavy atom. The number of benzene rings is 1. The van der Waals surface area contributed by atoms with E-state index in [1.54, 1.807) is 54.9 Å². The lowest BCUT2D eigenvalue weighted by Crippen LogP contribution is -2.48. The number of amides is 1. The van der Waals surface area contributed by atoms with Crippen LogP contribution in [0.3, 0.4) is 0 Å². The molecular weight excluding hydrogens is 371 g/mol. The molecule has 8 heteroatoms. The highest BCUT2D eigenvalue weighted by Gasteiger charge is 2.57. The van der Waals surface area contributed by atoms with Gasteiger partial charge in [-0.25, -0.2) is 4.98 Å². The number of para-hydroxylation sites is 1. The van der Waals surface area contributed by atoms with Gasteiger partial charge in [0.05, 0.1) is 23.3 Å².